The van der Waals surface area contributed by atoms with Crippen molar-refractivity contribution in [1.82, 2.24) is 0 Å². The molecule has 7 heteroatoms. The molecule has 0 spiro atoms. The van der Waals surface area contributed by atoms with E-state index in [4.69, 9.17) is 4.42 Å². The number of aryl methyl sites for hydroxylation is 2. The summed E-state index contributed by atoms with van der Waals surface area (Å²) in [6.45, 7) is 0. The molecule has 4 rings (SSSR count). The van der Waals surface area contributed by atoms with E-state index in [1.54, 1.807) is 0 Å². The van der Waals surface area contributed by atoms with Gasteiger partial charge < -0.3 is 9.52 Å². The predicted octanol–water partition coefficient (Wildman–Crippen LogP) is 4.65. The maximum absolute atomic E-state index is 12.7. The first-order chi connectivity index (χ1) is 12.5. The summed E-state index contributed by atoms with van der Waals surface area (Å²) < 4.78 is 6.92. The number of nitro groups is 1. The van der Waals surface area contributed by atoms with E-state index in [2.05, 4.69) is 27.6 Å². The van der Waals surface area contributed by atoms with Crippen molar-refractivity contribution in [3.05, 3.63) is 60.9 Å². The lowest BCUT2D eigenvalue weighted by Crippen LogP contribution is -2.04. The van der Waals surface area contributed by atoms with Crippen molar-refractivity contribution in [1.29, 1.82) is 0 Å². The number of nitrogens with zero attached hydrogens (tertiary/aromatic N) is 2. The second kappa shape index (κ2) is 6.71. The zero-order chi connectivity index (χ0) is 18.3. The van der Waals surface area contributed by atoms with Gasteiger partial charge in [-0.25, -0.2) is 0 Å². The summed E-state index contributed by atoms with van der Waals surface area (Å²) in [5.41, 5.74) is 1.82. The molecule has 0 aliphatic heterocycles. The van der Waals surface area contributed by atoms with Gasteiger partial charge in [0, 0.05) is 32.7 Å². The van der Waals surface area contributed by atoms with Gasteiger partial charge in [-0.3, -0.25) is 15.1 Å². The van der Waals surface area contributed by atoms with Crippen molar-refractivity contribution < 1.29 is 14.4 Å². The number of furan rings is 1. The molecule has 0 saturated heterocycles. The molecule has 0 atom stereocenters. The standard InChI is InChI=1S/C19H15IN2O4/c20-11-5-7-12(8-6-11)21-10-14-18-13-3-1-2-4-16(13)26-17(18)9-15(19(14)23)22(24)25/h5-10,23H,1-4H2/p-1. The molecule has 0 amide bonds. The summed E-state index contributed by atoms with van der Waals surface area (Å²) in [6, 6.07) is 8.74. The molecule has 132 valence electrons. The van der Waals surface area contributed by atoms with Crippen LogP contribution in [0.3, 0.4) is 0 Å². The van der Waals surface area contributed by atoms with Crippen LogP contribution in [0.2, 0.25) is 0 Å². The first-order valence-electron chi connectivity index (χ1n) is 8.27. The highest BCUT2D eigenvalue weighted by Gasteiger charge is 2.23. The van der Waals surface area contributed by atoms with Crippen LogP contribution in [0.4, 0.5) is 11.4 Å². The molecule has 1 aliphatic rings. The largest absolute Gasteiger partial charge is 0.867 e. The summed E-state index contributed by atoms with van der Waals surface area (Å²) in [5.74, 6) is 0.209. The number of aliphatic imine (C=N–C) groups is 1. The number of nitro benzene ring substituents is 1. The van der Waals surface area contributed by atoms with Crippen molar-refractivity contribution in [2.45, 2.75) is 25.7 Å². The first-order valence-corrected chi connectivity index (χ1v) is 9.35. The van der Waals surface area contributed by atoms with E-state index in [1.165, 1.54) is 12.3 Å². The lowest BCUT2D eigenvalue weighted by atomic mass is 9.93. The molecular formula is C19H14IN2O4-. The Morgan fingerprint density at radius 3 is 2.65 bits per heavy atom. The molecule has 1 aromatic heterocycles. The number of rotatable bonds is 3. The molecule has 0 bridgehead atoms. The van der Waals surface area contributed by atoms with Crippen LogP contribution in [0.15, 0.2) is 39.7 Å². The van der Waals surface area contributed by atoms with Gasteiger partial charge in [-0.2, -0.15) is 0 Å². The average Bonchev–Trinajstić information content (AvgIpc) is 3.00. The number of hydrogen-bond acceptors (Lipinski definition) is 5. The Morgan fingerprint density at radius 2 is 1.92 bits per heavy atom. The number of halogens is 1. The zero-order valence-corrected chi connectivity index (χ0v) is 15.9. The maximum Gasteiger partial charge on any atom is 0.266 e. The molecule has 0 N–H and O–H groups in total. The van der Waals surface area contributed by atoms with Crippen molar-refractivity contribution in [3.63, 3.8) is 0 Å². The van der Waals surface area contributed by atoms with E-state index in [0.29, 0.717) is 16.7 Å². The fourth-order valence-corrected chi connectivity index (χ4v) is 3.71. The van der Waals surface area contributed by atoms with Gasteiger partial charge in [0.25, 0.3) is 5.69 Å². The van der Waals surface area contributed by atoms with E-state index in [0.717, 1.165) is 40.6 Å². The molecular weight excluding hydrogens is 447 g/mol. The minimum atomic E-state index is -0.661. The first kappa shape index (κ1) is 17.0. The third-order valence-electron chi connectivity index (χ3n) is 4.58. The summed E-state index contributed by atoms with van der Waals surface area (Å²) in [7, 11) is 0. The van der Waals surface area contributed by atoms with Crippen LogP contribution in [0, 0.1) is 13.7 Å². The van der Waals surface area contributed by atoms with Gasteiger partial charge in [-0.1, -0.05) is 0 Å². The third kappa shape index (κ3) is 2.96. The molecule has 6 nitrogen and oxygen atoms in total. The molecule has 3 aromatic rings. The van der Waals surface area contributed by atoms with Crippen molar-refractivity contribution in [3.8, 4) is 5.75 Å². The molecule has 1 aliphatic carbocycles. The summed E-state index contributed by atoms with van der Waals surface area (Å²) >= 11 is 2.20. The Kier molecular flexibility index (Phi) is 4.39. The number of hydrogen-bond donors (Lipinski definition) is 0. The summed E-state index contributed by atoms with van der Waals surface area (Å²) in [5, 5.41) is 24.7. The zero-order valence-electron chi connectivity index (χ0n) is 13.7. The van der Waals surface area contributed by atoms with Gasteiger partial charge in [0.1, 0.15) is 11.3 Å². The number of benzene rings is 2. The van der Waals surface area contributed by atoms with E-state index in [1.807, 2.05) is 24.3 Å². The smallest absolute Gasteiger partial charge is 0.266 e. The molecule has 0 radical (unpaired) electrons. The summed E-state index contributed by atoms with van der Waals surface area (Å²) in [6.07, 6.45) is 5.07. The lowest BCUT2D eigenvalue weighted by molar-refractivity contribution is -0.398. The molecule has 26 heavy (non-hydrogen) atoms. The van der Waals surface area contributed by atoms with Gasteiger partial charge in [-0.15, -0.1) is 0 Å². The van der Waals surface area contributed by atoms with Crippen LogP contribution in [0.25, 0.3) is 11.0 Å². The van der Waals surface area contributed by atoms with Crippen LogP contribution >= 0.6 is 22.6 Å². The topological polar surface area (TPSA) is 91.7 Å². The highest BCUT2D eigenvalue weighted by atomic mass is 127. The normalized spacial score (nSPS) is 14.0. The minimum absolute atomic E-state index is 0.236. The monoisotopic (exact) mass is 461 g/mol. The van der Waals surface area contributed by atoms with Gasteiger partial charge in [-0.05, 0) is 71.9 Å². The van der Waals surface area contributed by atoms with E-state index >= 15 is 0 Å². The van der Waals surface area contributed by atoms with Crippen molar-refractivity contribution in [2.75, 3.05) is 0 Å². The Morgan fingerprint density at radius 1 is 1.19 bits per heavy atom. The van der Waals surface area contributed by atoms with Crippen LogP contribution < -0.4 is 5.11 Å². The maximum atomic E-state index is 12.7. The van der Waals surface area contributed by atoms with Gasteiger partial charge >= 0.3 is 0 Å². The summed E-state index contributed by atoms with van der Waals surface area (Å²) in [4.78, 5) is 15.0. The molecule has 0 unspecified atom stereocenters. The van der Waals surface area contributed by atoms with Crippen LogP contribution in [0.1, 0.15) is 29.7 Å². The van der Waals surface area contributed by atoms with Gasteiger partial charge in [0.15, 0.2) is 0 Å². The fraction of sp³-hybridized carbons (Fsp3) is 0.211. The molecule has 1 heterocycles. The van der Waals surface area contributed by atoms with Gasteiger partial charge in [0.05, 0.1) is 16.7 Å². The average molecular weight is 461 g/mol. The predicted molar refractivity (Wildman–Crippen MR) is 105 cm³/mol. The highest BCUT2D eigenvalue weighted by molar-refractivity contribution is 14.1. The Labute approximate surface area is 162 Å². The van der Waals surface area contributed by atoms with Crippen LogP contribution in [0.5, 0.6) is 5.75 Å². The van der Waals surface area contributed by atoms with E-state index in [9.17, 15) is 15.2 Å². The Balaban J connectivity index is 1.92. The molecule has 2 aromatic carbocycles. The molecule has 0 saturated carbocycles. The van der Waals surface area contributed by atoms with E-state index in [-0.39, 0.29) is 5.56 Å². The van der Waals surface area contributed by atoms with Crippen LogP contribution in [-0.4, -0.2) is 11.1 Å². The van der Waals surface area contributed by atoms with Gasteiger partial charge in [0.2, 0.25) is 0 Å². The Hall–Kier alpha value is -2.42. The van der Waals surface area contributed by atoms with Crippen LogP contribution in [-0.2, 0) is 12.8 Å². The second-order valence-corrected chi connectivity index (χ2v) is 7.46. The number of fused-ring (bicyclic) bond motifs is 3. The lowest BCUT2D eigenvalue weighted by Gasteiger charge is -2.14. The second-order valence-electron chi connectivity index (χ2n) is 6.21. The SMILES string of the molecule is O=[N+]([O-])c1cc2oc3c(c2c(C=Nc2ccc(I)cc2)c1[O-])CCCC3. The third-order valence-corrected chi connectivity index (χ3v) is 5.30. The highest BCUT2D eigenvalue weighted by Crippen LogP contribution is 2.40. The Bertz CT molecular complexity index is 1040. The van der Waals surface area contributed by atoms with Crippen molar-refractivity contribution in [2.24, 2.45) is 4.99 Å². The quantitative estimate of drug-likeness (QED) is 0.246. The fourth-order valence-electron chi connectivity index (χ4n) is 3.35. The van der Waals surface area contributed by atoms with E-state index < -0.39 is 16.4 Å². The minimum Gasteiger partial charge on any atom is -0.867 e. The molecule has 0 fully saturated rings. The van der Waals surface area contributed by atoms with Crippen molar-refractivity contribution >= 4 is 51.1 Å².